The van der Waals surface area contributed by atoms with Crippen molar-refractivity contribution in [2.75, 3.05) is 7.11 Å². The first-order valence-corrected chi connectivity index (χ1v) is 6.87. The molecule has 0 aliphatic carbocycles. The fraction of sp³-hybridized carbons (Fsp3) is 0.118. The van der Waals surface area contributed by atoms with Gasteiger partial charge in [0.15, 0.2) is 0 Å². The molecule has 0 atom stereocenters. The lowest BCUT2D eigenvalue weighted by Crippen LogP contribution is -2.03. The molecule has 0 aliphatic heterocycles. The Hall–Kier alpha value is -2.95. The molecule has 0 fully saturated rings. The third-order valence-corrected chi connectivity index (χ3v) is 3.34. The maximum atomic E-state index is 11.4. The Morgan fingerprint density at radius 3 is 2.50 bits per heavy atom. The highest BCUT2D eigenvalue weighted by Crippen LogP contribution is 2.16. The van der Waals surface area contributed by atoms with Crippen LogP contribution in [0.4, 0.5) is 0 Å². The summed E-state index contributed by atoms with van der Waals surface area (Å²) in [6.07, 6.45) is 5.43. The van der Waals surface area contributed by atoms with Crippen molar-refractivity contribution in [1.29, 1.82) is 0 Å². The van der Waals surface area contributed by atoms with Crippen molar-refractivity contribution in [3.05, 3.63) is 72.2 Å². The fourth-order valence-corrected chi connectivity index (χ4v) is 2.18. The number of benzene rings is 1. The summed E-state index contributed by atoms with van der Waals surface area (Å²) in [6, 6.07) is 13.1. The molecule has 22 heavy (non-hydrogen) atoms. The van der Waals surface area contributed by atoms with Crippen LogP contribution in [-0.2, 0) is 11.3 Å². The lowest BCUT2D eigenvalue weighted by atomic mass is 10.1. The average Bonchev–Trinajstić information content (AvgIpc) is 3.04. The van der Waals surface area contributed by atoms with Gasteiger partial charge in [0, 0.05) is 24.2 Å². The van der Waals surface area contributed by atoms with Crippen molar-refractivity contribution in [3.63, 3.8) is 0 Å². The Kier molecular flexibility index (Phi) is 3.96. The second kappa shape index (κ2) is 6.22. The summed E-state index contributed by atoms with van der Waals surface area (Å²) >= 11 is 0. The van der Waals surface area contributed by atoms with Crippen LogP contribution < -0.4 is 0 Å². The van der Waals surface area contributed by atoms with Crippen LogP contribution in [0.5, 0.6) is 0 Å². The molecule has 0 spiro atoms. The summed E-state index contributed by atoms with van der Waals surface area (Å²) in [4.78, 5) is 15.4. The first kappa shape index (κ1) is 14.0. The van der Waals surface area contributed by atoms with E-state index in [4.69, 9.17) is 0 Å². The van der Waals surface area contributed by atoms with E-state index in [-0.39, 0.29) is 5.97 Å². The highest BCUT2D eigenvalue weighted by Gasteiger charge is 2.06. The van der Waals surface area contributed by atoms with Gasteiger partial charge in [0.05, 0.1) is 24.9 Å². The number of carbonyl (C=O) groups excluding carboxylic acids is 1. The van der Waals surface area contributed by atoms with E-state index in [2.05, 4.69) is 14.8 Å². The highest BCUT2D eigenvalue weighted by atomic mass is 16.5. The number of rotatable bonds is 4. The van der Waals surface area contributed by atoms with E-state index >= 15 is 0 Å². The molecule has 1 aromatic carbocycles. The zero-order chi connectivity index (χ0) is 15.4. The zero-order valence-corrected chi connectivity index (χ0v) is 12.1. The van der Waals surface area contributed by atoms with Crippen molar-refractivity contribution in [2.24, 2.45) is 0 Å². The minimum Gasteiger partial charge on any atom is -0.465 e. The van der Waals surface area contributed by atoms with E-state index in [1.54, 1.807) is 24.5 Å². The van der Waals surface area contributed by atoms with Gasteiger partial charge < -0.3 is 4.74 Å². The van der Waals surface area contributed by atoms with E-state index in [0.29, 0.717) is 12.1 Å². The van der Waals surface area contributed by atoms with E-state index < -0.39 is 0 Å². The van der Waals surface area contributed by atoms with Crippen LogP contribution in [-0.4, -0.2) is 27.8 Å². The van der Waals surface area contributed by atoms with Gasteiger partial charge in [-0.1, -0.05) is 12.1 Å². The highest BCUT2D eigenvalue weighted by molar-refractivity contribution is 5.89. The van der Waals surface area contributed by atoms with Gasteiger partial charge in [-0.3, -0.25) is 9.67 Å². The van der Waals surface area contributed by atoms with Crippen molar-refractivity contribution >= 4 is 5.97 Å². The van der Waals surface area contributed by atoms with Crippen LogP contribution >= 0.6 is 0 Å². The third kappa shape index (κ3) is 3.03. The summed E-state index contributed by atoms with van der Waals surface area (Å²) in [6.45, 7) is 0.645. The van der Waals surface area contributed by atoms with Crippen LogP contribution in [0.2, 0.25) is 0 Å². The first-order chi connectivity index (χ1) is 10.8. The number of pyridine rings is 1. The maximum absolute atomic E-state index is 11.4. The Labute approximate surface area is 128 Å². The van der Waals surface area contributed by atoms with Crippen LogP contribution in [0.1, 0.15) is 15.9 Å². The predicted octanol–water partition coefficient (Wildman–Crippen LogP) is 2.78. The maximum Gasteiger partial charge on any atom is 0.337 e. The number of nitrogens with zero attached hydrogens (tertiary/aromatic N) is 3. The largest absolute Gasteiger partial charge is 0.465 e. The summed E-state index contributed by atoms with van der Waals surface area (Å²) in [5, 5.41) is 4.55. The van der Waals surface area contributed by atoms with Gasteiger partial charge >= 0.3 is 5.97 Å². The second-order valence-electron chi connectivity index (χ2n) is 4.82. The summed E-state index contributed by atoms with van der Waals surface area (Å²) in [5.74, 6) is -0.328. The molecule has 2 aromatic heterocycles. The molecule has 0 radical (unpaired) electrons. The van der Waals surface area contributed by atoms with Gasteiger partial charge in [-0.25, -0.2) is 4.79 Å². The normalized spacial score (nSPS) is 10.4. The summed E-state index contributed by atoms with van der Waals surface area (Å²) < 4.78 is 6.55. The van der Waals surface area contributed by atoms with E-state index in [0.717, 1.165) is 16.8 Å². The lowest BCUT2D eigenvalue weighted by molar-refractivity contribution is 0.0600. The zero-order valence-electron chi connectivity index (χ0n) is 12.1. The predicted molar refractivity (Wildman–Crippen MR) is 82.3 cm³/mol. The minimum absolute atomic E-state index is 0.328. The number of carbonyl (C=O) groups is 1. The molecule has 0 saturated heterocycles. The van der Waals surface area contributed by atoms with E-state index in [1.807, 2.05) is 41.2 Å². The van der Waals surface area contributed by atoms with Gasteiger partial charge in [0.1, 0.15) is 0 Å². The lowest BCUT2D eigenvalue weighted by Gasteiger charge is -2.04. The smallest absolute Gasteiger partial charge is 0.337 e. The molecule has 3 aromatic rings. The number of esters is 1. The SMILES string of the molecule is COC(=O)c1ccc(Cn2ccc(-c3ccncc3)n2)cc1. The van der Waals surface area contributed by atoms with Crippen LogP contribution in [0.3, 0.4) is 0 Å². The molecule has 0 saturated carbocycles. The van der Waals surface area contributed by atoms with E-state index in [9.17, 15) is 4.79 Å². The molecular weight excluding hydrogens is 278 g/mol. The molecule has 5 heteroatoms. The molecule has 0 aliphatic rings. The molecular formula is C17H15N3O2. The van der Waals surface area contributed by atoms with Gasteiger partial charge in [-0.15, -0.1) is 0 Å². The van der Waals surface area contributed by atoms with E-state index in [1.165, 1.54) is 7.11 Å². The third-order valence-electron chi connectivity index (χ3n) is 3.34. The summed E-state index contributed by atoms with van der Waals surface area (Å²) in [5.41, 5.74) is 3.56. The number of aromatic nitrogens is 3. The Morgan fingerprint density at radius 2 is 1.82 bits per heavy atom. The topological polar surface area (TPSA) is 57.0 Å². The summed E-state index contributed by atoms with van der Waals surface area (Å²) in [7, 11) is 1.38. The van der Waals surface area contributed by atoms with Crippen molar-refractivity contribution in [2.45, 2.75) is 6.54 Å². The number of ether oxygens (including phenoxy) is 1. The number of methoxy groups -OCH3 is 1. The number of hydrogen-bond donors (Lipinski definition) is 0. The Balaban J connectivity index is 1.74. The average molecular weight is 293 g/mol. The van der Waals surface area contributed by atoms with Crippen molar-refractivity contribution in [1.82, 2.24) is 14.8 Å². The molecule has 5 nitrogen and oxygen atoms in total. The molecule has 0 bridgehead atoms. The molecule has 0 N–H and O–H groups in total. The molecule has 3 rings (SSSR count). The molecule has 0 amide bonds. The van der Waals surface area contributed by atoms with Crippen molar-refractivity contribution < 1.29 is 9.53 Å². The first-order valence-electron chi connectivity index (χ1n) is 6.87. The Bertz CT molecular complexity index is 764. The number of hydrogen-bond acceptors (Lipinski definition) is 4. The molecule has 110 valence electrons. The van der Waals surface area contributed by atoms with Gasteiger partial charge in [0.25, 0.3) is 0 Å². The monoisotopic (exact) mass is 293 g/mol. The van der Waals surface area contributed by atoms with Crippen LogP contribution in [0, 0.1) is 0 Å². The minimum atomic E-state index is -0.328. The fourth-order valence-electron chi connectivity index (χ4n) is 2.18. The second-order valence-corrected chi connectivity index (χ2v) is 4.82. The van der Waals surface area contributed by atoms with Crippen molar-refractivity contribution in [3.8, 4) is 11.3 Å². The molecule has 2 heterocycles. The quantitative estimate of drug-likeness (QED) is 0.694. The van der Waals surface area contributed by atoms with Gasteiger partial charge in [0.2, 0.25) is 0 Å². The van der Waals surface area contributed by atoms with Crippen LogP contribution in [0.25, 0.3) is 11.3 Å². The van der Waals surface area contributed by atoms with Gasteiger partial charge in [-0.05, 0) is 35.9 Å². The Morgan fingerprint density at radius 1 is 1.09 bits per heavy atom. The van der Waals surface area contributed by atoms with Gasteiger partial charge in [-0.2, -0.15) is 5.10 Å². The molecule has 0 unspecified atom stereocenters. The van der Waals surface area contributed by atoms with Crippen LogP contribution in [0.15, 0.2) is 61.1 Å². The standard InChI is InChI=1S/C17H15N3O2/c1-22-17(21)15-4-2-13(3-5-15)12-20-11-8-16(19-20)14-6-9-18-10-7-14/h2-11H,12H2,1H3.